The van der Waals surface area contributed by atoms with Gasteiger partial charge < -0.3 is 0 Å². The van der Waals surface area contributed by atoms with Gasteiger partial charge in [0.1, 0.15) is 12.1 Å². The molecule has 4 aliphatic rings. The summed E-state index contributed by atoms with van der Waals surface area (Å²) in [6, 6.07) is 25.0. The highest BCUT2D eigenvalue weighted by Crippen LogP contribution is 2.61. The molecule has 0 aromatic heterocycles. The minimum atomic E-state index is -1.11. The highest BCUT2D eigenvalue weighted by atomic mass is 16.6. The highest BCUT2D eigenvalue weighted by Gasteiger charge is 2.63. The maximum absolute atomic E-state index is 14.4. The van der Waals surface area contributed by atoms with Crippen LogP contribution in [-0.2, 0) is 9.59 Å². The number of non-ortho nitro benzene ring substituents is 1. The zero-order valence-corrected chi connectivity index (χ0v) is 23.3. The number of benzene rings is 4. The van der Waals surface area contributed by atoms with Crippen LogP contribution in [0.2, 0.25) is 0 Å². The molecule has 1 aliphatic heterocycles. The average molecular weight is 603 g/mol. The van der Waals surface area contributed by atoms with E-state index in [4.69, 9.17) is 0 Å². The van der Waals surface area contributed by atoms with E-state index < -0.39 is 74.8 Å². The standard InChI is InChI=1S/C33H22N4O8/c38-26(18-8-7-9-19(16-18)36(42)43)17-34(31(39)24-14-5-6-15-25(24)37(44)45)35-32(40)29-27-20-10-1-2-11-21(20)28(30(29)33(35)41)23-13-4-3-12-22(23)27/h1-16,27-30H,17H2/t27?,28?,29-,30-/m1/s1. The first kappa shape index (κ1) is 27.8. The third-order valence-electron chi connectivity index (χ3n) is 8.90. The van der Waals surface area contributed by atoms with Crippen LogP contribution >= 0.6 is 0 Å². The molecule has 0 saturated carbocycles. The highest BCUT2D eigenvalue weighted by molar-refractivity contribution is 6.11. The third kappa shape index (κ3) is 4.13. The molecule has 2 atom stereocenters. The molecule has 1 saturated heterocycles. The van der Waals surface area contributed by atoms with Crippen molar-refractivity contribution in [2.45, 2.75) is 11.8 Å². The van der Waals surface area contributed by atoms with Crippen LogP contribution in [-0.4, -0.2) is 49.9 Å². The molecule has 0 spiro atoms. The first-order valence-corrected chi connectivity index (χ1v) is 14.1. The summed E-state index contributed by atoms with van der Waals surface area (Å²) in [6.45, 7) is -0.877. The van der Waals surface area contributed by atoms with Gasteiger partial charge in [-0.1, -0.05) is 72.8 Å². The quantitative estimate of drug-likeness (QED) is 0.128. The second-order valence-electron chi connectivity index (χ2n) is 11.1. The summed E-state index contributed by atoms with van der Waals surface area (Å²) in [4.78, 5) is 78.2. The van der Waals surface area contributed by atoms with Gasteiger partial charge in [0.05, 0.1) is 21.7 Å². The van der Waals surface area contributed by atoms with Crippen molar-refractivity contribution in [3.8, 4) is 0 Å². The number of rotatable bonds is 7. The number of carbonyl (C=O) groups excluding carboxylic acids is 4. The fourth-order valence-electron chi connectivity index (χ4n) is 7.11. The molecular formula is C33H22N4O8. The lowest BCUT2D eigenvalue weighted by Gasteiger charge is -2.45. The van der Waals surface area contributed by atoms with Crippen molar-refractivity contribution < 1.29 is 29.0 Å². The Bertz CT molecular complexity index is 1880. The van der Waals surface area contributed by atoms with E-state index in [2.05, 4.69) is 0 Å². The predicted octanol–water partition coefficient (Wildman–Crippen LogP) is 4.64. The smallest absolute Gasteiger partial charge is 0.282 e. The Kier molecular flexibility index (Phi) is 6.36. The molecule has 0 N–H and O–H groups in total. The lowest BCUT2D eigenvalue weighted by atomic mass is 9.55. The van der Waals surface area contributed by atoms with Crippen molar-refractivity contribution in [2.24, 2.45) is 11.8 Å². The van der Waals surface area contributed by atoms with Crippen molar-refractivity contribution in [3.05, 3.63) is 151 Å². The molecule has 45 heavy (non-hydrogen) atoms. The topological polar surface area (TPSA) is 161 Å². The van der Waals surface area contributed by atoms with Gasteiger partial charge in [0.25, 0.3) is 29.1 Å². The second kappa shape index (κ2) is 10.3. The molecule has 222 valence electrons. The Hall–Kier alpha value is -6.04. The Balaban J connectivity index is 1.35. The van der Waals surface area contributed by atoms with Crippen LogP contribution in [0.1, 0.15) is 54.8 Å². The van der Waals surface area contributed by atoms with Gasteiger partial charge in [-0.25, -0.2) is 5.01 Å². The van der Waals surface area contributed by atoms with Gasteiger partial charge in [0, 0.05) is 35.6 Å². The molecule has 0 radical (unpaired) electrons. The summed E-state index contributed by atoms with van der Waals surface area (Å²) in [6.07, 6.45) is 0. The van der Waals surface area contributed by atoms with E-state index in [0.717, 1.165) is 34.4 Å². The first-order chi connectivity index (χ1) is 21.7. The monoisotopic (exact) mass is 602 g/mol. The van der Waals surface area contributed by atoms with Crippen LogP contribution in [0, 0.1) is 32.1 Å². The maximum Gasteiger partial charge on any atom is 0.282 e. The number of hydrazine groups is 1. The lowest BCUT2D eigenvalue weighted by molar-refractivity contribution is -0.385. The molecule has 1 heterocycles. The number of Topliss-reactive ketones (excluding diaryl/α,β-unsaturated/α-hetero) is 1. The minimum absolute atomic E-state index is 0.138. The zero-order chi connectivity index (χ0) is 31.6. The summed E-state index contributed by atoms with van der Waals surface area (Å²) in [5.74, 6) is -6.10. The van der Waals surface area contributed by atoms with Crippen molar-refractivity contribution in [2.75, 3.05) is 6.54 Å². The molecule has 8 rings (SSSR count). The van der Waals surface area contributed by atoms with Crippen LogP contribution in [0.3, 0.4) is 0 Å². The minimum Gasteiger partial charge on any atom is -0.292 e. The van der Waals surface area contributed by atoms with Gasteiger partial charge in [-0.15, -0.1) is 0 Å². The Morgan fingerprint density at radius 2 is 1.20 bits per heavy atom. The molecule has 1 fully saturated rings. The van der Waals surface area contributed by atoms with E-state index in [-0.39, 0.29) is 11.3 Å². The number of nitro benzene ring substituents is 2. The van der Waals surface area contributed by atoms with E-state index in [1.165, 1.54) is 36.4 Å². The van der Waals surface area contributed by atoms with Gasteiger partial charge in [-0.2, -0.15) is 5.01 Å². The van der Waals surface area contributed by atoms with Crippen molar-refractivity contribution in [3.63, 3.8) is 0 Å². The summed E-state index contributed by atoms with van der Waals surface area (Å²) in [7, 11) is 0. The van der Waals surface area contributed by atoms with E-state index in [1.54, 1.807) is 0 Å². The van der Waals surface area contributed by atoms with E-state index >= 15 is 0 Å². The summed E-state index contributed by atoms with van der Waals surface area (Å²) >= 11 is 0. The van der Waals surface area contributed by atoms with Gasteiger partial charge in [-0.3, -0.25) is 39.4 Å². The summed E-state index contributed by atoms with van der Waals surface area (Å²) in [5, 5.41) is 24.5. The van der Waals surface area contributed by atoms with Crippen molar-refractivity contribution in [1.82, 2.24) is 10.0 Å². The molecule has 3 amide bonds. The van der Waals surface area contributed by atoms with Crippen molar-refractivity contribution in [1.29, 1.82) is 0 Å². The van der Waals surface area contributed by atoms with Crippen molar-refractivity contribution >= 4 is 34.9 Å². The number of ketones is 1. The molecule has 12 nitrogen and oxygen atoms in total. The van der Waals surface area contributed by atoms with E-state index in [1.807, 2.05) is 48.5 Å². The van der Waals surface area contributed by atoms with Gasteiger partial charge in [0.15, 0.2) is 5.78 Å². The number of nitro groups is 2. The predicted molar refractivity (Wildman–Crippen MR) is 157 cm³/mol. The molecular weight excluding hydrogens is 580 g/mol. The van der Waals surface area contributed by atoms with Gasteiger partial charge in [-0.05, 0) is 28.3 Å². The molecule has 4 aromatic rings. The lowest BCUT2D eigenvalue weighted by Crippen LogP contribution is -2.52. The van der Waals surface area contributed by atoms with Crippen LogP contribution < -0.4 is 0 Å². The number of hydrogen-bond acceptors (Lipinski definition) is 8. The number of amides is 3. The first-order valence-electron chi connectivity index (χ1n) is 14.1. The summed E-state index contributed by atoms with van der Waals surface area (Å²) < 4.78 is 0. The molecule has 3 aliphatic carbocycles. The van der Waals surface area contributed by atoms with Crippen LogP contribution in [0.25, 0.3) is 0 Å². The SMILES string of the molecule is O=C(CN(C(=O)c1ccccc1[N+](=O)[O-])N1C(=O)[C@@H]2C3c4ccccc4C(c4ccccc43)[C@H]2C1=O)c1cccc([N+](=O)[O-])c1. The summed E-state index contributed by atoms with van der Waals surface area (Å²) in [5.41, 5.74) is 2.07. The Morgan fingerprint density at radius 1 is 0.689 bits per heavy atom. The van der Waals surface area contributed by atoms with Gasteiger partial charge in [0.2, 0.25) is 0 Å². The zero-order valence-electron chi connectivity index (χ0n) is 23.3. The van der Waals surface area contributed by atoms with E-state index in [9.17, 15) is 39.4 Å². The number of hydrogen-bond donors (Lipinski definition) is 0. The van der Waals surface area contributed by atoms with Crippen LogP contribution in [0.15, 0.2) is 97.1 Å². The van der Waals surface area contributed by atoms with Gasteiger partial charge >= 0.3 is 0 Å². The number of para-hydroxylation sites is 1. The number of nitrogens with zero attached hydrogens (tertiary/aromatic N) is 4. The largest absolute Gasteiger partial charge is 0.292 e. The Labute approximate surface area is 254 Å². The number of carbonyl (C=O) groups is 4. The Morgan fingerprint density at radius 3 is 1.71 bits per heavy atom. The third-order valence-corrected chi connectivity index (χ3v) is 8.90. The molecule has 2 bridgehead atoms. The molecule has 4 aromatic carbocycles. The van der Waals surface area contributed by atoms with Crippen LogP contribution in [0.5, 0.6) is 0 Å². The van der Waals surface area contributed by atoms with E-state index in [0.29, 0.717) is 10.0 Å². The average Bonchev–Trinajstić information content (AvgIpc) is 3.32. The number of imide groups is 1. The maximum atomic E-state index is 14.4. The normalized spacial score (nSPS) is 20.7. The molecule has 0 unspecified atom stereocenters. The molecule has 12 heteroatoms. The van der Waals surface area contributed by atoms with Crippen LogP contribution in [0.4, 0.5) is 11.4 Å². The fraction of sp³-hybridized carbons (Fsp3) is 0.152. The second-order valence-corrected chi connectivity index (χ2v) is 11.1. The fourth-order valence-corrected chi connectivity index (χ4v) is 7.11.